The van der Waals surface area contributed by atoms with Crippen LogP contribution in [0, 0.1) is 6.92 Å². The van der Waals surface area contributed by atoms with E-state index in [1.54, 1.807) is 60.7 Å². The largest absolute Gasteiger partial charge is 0.268 e. The zero-order valence-electron chi connectivity index (χ0n) is 20.3. The SMILES string of the molecule is CCc1ccc(N2C(=O)c3ccc(-c4ccc5c(c4)C(=O)N(c4ccc(C)cc4)C5=O)cc3C2=O)cc1. The van der Waals surface area contributed by atoms with Crippen molar-refractivity contribution in [2.75, 3.05) is 9.80 Å². The van der Waals surface area contributed by atoms with Crippen LogP contribution in [-0.2, 0) is 6.42 Å². The Kier molecular flexibility index (Phi) is 5.12. The van der Waals surface area contributed by atoms with Crippen LogP contribution in [0.2, 0.25) is 0 Å². The lowest BCUT2D eigenvalue weighted by Gasteiger charge is -2.14. The van der Waals surface area contributed by atoms with E-state index in [0.717, 1.165) is 17.5 Å². The average molecular weight is 487 g/mol. The van der Waals surface area contributed by atoms with Gasteiger partial charge in [-0.05, 0) is 78.6 Å². The molecule has 37 heavy (non-hydrogen) atoms. The van der Waals surface area contributed by atoms with E-state index in [2.05, 4.69) is 0 Å². The zero-order chi connectivity index (χ0) is 25.8. The van der Waals surface area contributed by atoms with Crippen LogP contribution in [0.15, 0.2) is 84.9 Å². The predicted octanol–water partition coefficient (Wildman–Crippen LogP) is 5.83. The molecule has 0 bridgehead atoms. The van der Waals surface area contributed by atoms with E-state index in [0.29, 0.717) is 44.8 Å². The molecule has 6 heteroatoms. The Balaban J connectivity index is 1.34. The van der Waals surface area contributed by atoms with Gasteiger partial charge in [0.2, 0.25) is 0 Å². The standard InChI is InChI=1S/C31H22N2O4/c1-3-19-6-12-23(13-7-19)33-29(35)25-15-9-21(17-27(25)31(33)37)20-8-14-24-26(16-20)30(36)32(28(24)34)22-10-4-18(2)5-11-22/h4-17H,3H2,1-2H3. The van der Waals surface area contributed by atoms with E-state index in [9.17, 15) is 19.2 Å². The van der Waals surface area contributed by atoms with Crippen molar-refractivity contribution < 1.29 is 19.2 Å². The molecule has 2 aliphatic rings. The lowest BCUT2D eigenvalue weighted by Crippen LogP contribution is -2.29. The third kappa shape index (κ3) is 3.49. The molecule has 180 valence electrons. The summed E-state index contributed by atoms with van der Waals surface area (Å²) in [6.45, 7) is 3.98. The maximum atomic E-state index is 13.3. The first-order valence-electron chi connectivity index (χ1n) is 12.1. The van der Waals surface area contributed by atoms with Crippen molar-refractivity contribution in [2.24, 2.45) is 0 Å². The lowest BCUT2D eigenvalue weighted by molar-refractivity contribution is 0.0910. The normalized spacial score (nSPS) is 14.4. The number of benzene rings is 4. The van der Waals surface area contributed by atoms with Gasteiger partial charge in [-0.3, -0.25) is 19.2 Å². The quantitative estimate of drug-likeness (QED) is 0.341. The molecule has 4 aromatic rings. The van der Waals surface area contributed by atoms with Gasteiger partial charge in [-0.1, -0.05) is 48.9 Å². The molecule has 2 heterocycles. The number of carbonyl (C=O) groups excluding carboxylic acids is 4. The van der Waals surface area contributed by atoms with Gasteiger partial charge < -0.3 is 0 Å². The minimum Gasteiger partial charge on any atom is -0.268 e. The molecule has 0 radical (unpaired) electrons. The highest BCUT2D eigenvalue weighted by atomic mass is 16.2. The lowest BCUT2D eigenvalue weighted by atomic mass is 9.97. The molecule has 0 saturated carbocycles. The summed E-state index contributed by atoms with van der Waals surface area (Å²) >= 11 is 0. The monoisotopic (exact) mass is 486 g/mol. The van der Waals surface area contributed by atoms with Gasteiger partial charge in [0.25, 0.3) is 23.6 Å². The number of aryl methyl sites for hydroxylation is 2. The number of nitrogens with zero attached hydrogens (tertiary/aromatic N) is 2. The molecule has 2 aliphatic heterocycles. The van der Waals surface area contributed by atoms with E-state index >= 15 is 0 Å². The number of anilines is 2. The highest BCUT2D eigenvalue weighted by molar-refractivity contribution is 6.35. The van der Waals surface area contributed by atoms with Crippen LogP contribution >= 0.6 is 0 Å². The van der Waals surface area contributed by atoms with E-state index in [1.165, 1.54) is 9.80 Å². The van der Waals surface area contributed by atoms with Crippen molar-refractivity contribution in [3.8, 4) is 11.1 Å². The molecule has 0 N–H and O–H groups in total. The second kappa shape index (κ2) is 8.38. The number of rotatable bonds is 4. The van der Waals surface area contributed by atoms with E-state index in [-0.39, 0.29) is 23.6 Å². The van der Waals surface area contributed by atoms with E-state index < -0.39 is 0 Å². The van der Waals surface area contributed by atoms with E-state index in [1.807, 2.05) is 38.1 Å². The zero-order valence-corrected chi connectivity index (χ0v) is 20.3. The molecular weight excluding hydrogens is 464 g/mol. The van der Waals surface area contributed by atoms with Gasteiger partial charge in [0, 0.05) is 0 Å². The molecule has 6 rings (SSSR count). The van der Waals surface area contributed by atoms with Crippen molar-refractivity contribution in [3.05, 3.63) is 118 Å². The Morgan fingerprint density at radius 3 is 1.35 bits per heavy atom. The smallest absolute Gasteiger partial charge is 0.266 e. The van der Waals surface area contributed by atoms with Crippen LogP contribution < -0.4 is 9.80 Å². The van der Waals surface area contributed by atoms with Crippen molar-refractivity contribution in [1.29, 1.82) is 0 Å². The Labute approximate surface area is 213 Å². The maximum absolute atomic E-state index is 13.3. The Morgan fingerprint density at radius 2 is 0.919 bits per heavy atom. The number of fused-ring (bicyclic) bond motifs is 2. The molecule has 0 spiro atoms. The van der Waals surface area contributed by atoms with Crippen LogP contribution in [-0.4, -0.2) is 23.6 Å². The van der Waals surface area contributed by atoms with Crippen molar-refractivity contribution in [3.63, 3.8) is 0 Å². The summed E-state index contributed by atoms with van der Waals surface area (Å²) in [5.74, 6) is -1.50. The molecule has 4 aromatic carbocycles. The number of hydrogen-bond acceptors (Lipinski definition) is 4. The van der Waals surface area contributed by atoms with Crippen LogP contribution in [0.5, 0.6) is 0 Å². The van der Waals surface area contributed by atoms with Crippen LogP contribution in [0.1, 0.15) is 59.5 Å². The highest BCUT2D eigenvalue weighted by Crippen LogP contribution is 2.35. The topological polar surface area (TPSA) is 74.8 Å². The Bertz CT molecular complexity index is 1640. The number of imide groups is 2. The molecule has 4 amide bonds. The first-order chi connectivity index (χ1) is 17.9. The van der Waals surface area contributed by atoms with Gasteiger partial charge in [0.05, 0.1) is 33.6 Å². The first-order valence-corrected chi connectivity index (χ1v) is 12.1. The number of amides is 4. The molecule has 0 unspecified atom stereocenters. The maximum Gasteiger partial charge on any atom is 0.266 e. The summed E-state index contributed by atoms with van der Waals surface area (Å²) in [7, 11) is 0. The minimum atomic E-state index is -0.389. The van der Waals surface area contributed by atoms with Gasteiger partial charge in [-0.15, -0.1) is 0 Å². The predicted molar refractivity (Wildman–Crippen MR) is 141 cm³/mol. The fourth-order valence-corrected chi connectivity index (χ4v) is 4.88. The van der Waals surface area contributed by atoms with Gasteiger partial charge in [-0.2, -0.15) is 0 Å². The fraction of sp³-hybridized carbons (Fsp3) is 0.0968. The van der Waals surface area contributed by atoms with E-state index in [4.69, 9.17) is 0 Å². The average Bonchev–Trinajstić information content (AvgIpc) is 3.32. The minimum absolute atomic E-state index is 0.309. The second-order valence-corrected chi connectivity index (χ2v) is 9.27. The summed E-state index contributed by atoms with van der Waals surface area (Å²) < 4.78 is 0. The molecule has 0 fully saturated rings. The summed E-state index contributed by atoms with van der Waals surface area (Å²) in [6.07, 6.45) is 0.864. The van der Waals surface area contributed by atoms with Crippen molar-refractivity contribution in [2.45, 2.75) is 20.3 Å². The third-order valence-corrected chi connectivity index (χ3v) is 7.00. The summed E-state index contributed by atoms with van der Waals surface area (Å²) in [4.78, 5) is 54.9. The molecular formula is C31H22N2O4. The number of hydrogen-bond donors (Lipinski definition) is 0. The molecule has 6 nitrogen and oxygen atoms in total. The van der Waals surface area contributed by atoms with Gasteiger partial charge in [-0.25, -0.2) is 9.80 Å². The number of carbonyl (C=O) groups is 4. The van der Waals surface area contributed by atoms with Crippen molar-refractivity contribution in [1.82, 2.24) is 0 Å². The summed E-state index contributed by atoms with van der Waals surface area (Å²) in [6, 6.07) is 24.8. The van der Waals surface area contributed by atoms with Crippen molar-refractivity contribution >= 4 is 35.0 Å². The summed E-state index contributed by atoms with van der Waals surface area (Å²) in [5, 5.41) is 0. The third-order valence-electron chi connectivity index (χ3n) is 7.00. The molecule has 0 aliphatic carbocycles. The summed E-state index contributed by atoms with van der Waals surface area (Å²) in [5.41, 5.74) is 5.86. The van der Waals surface area contributed by atoms with Gasteiger partial charge in [0.15, 0.2) is 0 Å². The van der Waals surface area contributed by atoms with Crippen LogP contribution in [0.25, 0.3) is 11.1 Å². The van der Waals surface area contributed by atoms with Gasteiger partial charge in [0.1, 0.15) is 0 Å². The van der Waals surface area contributed by atoms with Crippen LogP contribution in [0.3, 0.4) is 0 Å². The first kappa shape index (κ1) is 22.6. The fourth-order valence-electron chi connectivity index (χ4n) is 4.88. The second-order valence-electron chi connectivity index (χ2n) is 9.27. The molecule has 0 atom stereocenters. The van der Waals surface area contributed by atoms with Gasteiger partial charge >= 0.3 is 0 Å². The molecule has 0 aromatic heterocycles. The molecule has 0 saturated heterocycles. The Hall–Kier alpha value is -4.84. The van der Waals surface area contributed by atoms with Crippen LogP contribution in [0.4, 0.5) is 11.4 Å². The highest BCUT2D eigenvalue weighted by Gasteiger charge is 2.38. The Morgan fingerprint density at radius 1 is 0.514 bits per heavy atom.